The summed E-state index contributed by atoms with van der Waals surface area (Å²) < 4.78 is 38.4. The molecule has 1 aliphatic rings. The third kappa shape index (κ3) is 6.16. The Bertz CT molecular complexity index is 689. The van der Waals surface area contributed by atoms with Crippen molar-refractivity contribution in [3.8, 4) is 0 Å². The summed E-state index contributed by atoms with van der Waals surface area (Å²) in [4.78, 5) is 12.4. The molecule has 0 unspecified atom stereocenters. The van der Waals surface area contributed by atoms with Crippen LogP contribution in [0.25, 0.3) is 0 Å². The maximum atomic E-state index is 13.1. The van der Waals surface area contributed by atoms with E-state index in [4.69, 9.17) is 0 Å². The molecule has 146 valence electrons. The number of carbonyl (C=O) groups is 1. The molecule has 8 heteroatoms. The fourth-order valence-electron chi connectivity index (χ4n) is 3.18. The number of nitrogens with zero attached hydrogens (tertiary/aromatic N) is 1. The summed E-state index contributed by atoms with van der Waals surface area (Å²) in [7, 11) is -3.68. The van der Waals surface area contributed by atoms with Crippen molar-refractivity contribution >= 4 is 33.4 Å². The topological polar surface area (TPSA) is 66.5 Å². The molecule has 1 saturated carbocycles. The first-order chi connectivity index (χ1) is 12.3. The first kappa shape index (κ1) is 21.0. The minimum absolute atomic E-state index is 0.271. The van der Waals surface area contributed by atoms with Gasteiger partial charge in [-0.1, -0.05) is 19.3 Å². The average Bonchev–Trinajstić information content (AvgIpc) is 2.60. The Kier molecular flexibility index (Phi) is 7.76. The van der Waals surface area contributed by atoms with Gasteiger partial charge in [0.1, 0.15) is 11.9 Å². The maximum Gasteiger partial charge on any atom is 0.243 e. The van der Waals surface area contributed by atoms with E-state index in [9.17, 15) is 17.6 Å². The largest absolute Gasteiger partial charge is 0.353 e. The van der Waals surface area contributed by atoms with Crippen LogP contribution in [0.3, 0.4) is 0 Å². The van der Waals surface area contributed by atoms with Gasteiger partial charge in [-0.15, -0.1) is 0 Å². The van der Waals surface area contributed by atoms with E-state index in [1.807, 2.05) is 11.8 Å². The molecule has 0 saturated heterocycles. The number of thioether (sulfide) groups is 1. The normalized spacial score (nSPS) is 16.9. The lowest BCUT2D eigenvalue weighted by Crippen LogP contribution is -2.48. The van der Waals surface area contributed by atoms with Gasteiger partial charge in [-0.3, -0.25) is 9.10 Å². The molecule has 0 radical (unpaired) electrons. The van der Waals surface area contributed by atoms with E-state index < -0.39 is 21.9 Å². The summed E-state index contributed by atoms with van der Waals surface area (Å²) in [5.74, 6) is 0.00137. The second-order valence-electron chi connectivity index (χ2n) is 6.63. The van der Waals surface area contributed by atoms with Crippen molar-refractivity contribution in [1.82, 2.24) is 5.32 Å². The lowest BCUT2D eigenvalue weighted by Gasteiger charge is -2.28. The molecule has 0 spiro atoms. The number of carbonyl (C=O) groups excluding carboxylic acids is 1. The van der Waals surface area contributed by atoms with Gasteiger partial charge in [0.15, 0.2) is 0 Å². The number of benzene rings is 1. The van der Waals surface area contributed by atoms with Crippen LogP contribution >= 0.6 is 11.8 Å². The van der Waals surface area contributed by atoms with Crippen LogP contribution in [0, 0.1) is 5.82 Å². The highest BCUT2D eigenvalue weighted by Gasteiger charge is 2.29. The van der Waals surface area contributed by atoms with Gasteiger partial charge in [0.25, 0.3) is 0 Å². The predicted molar refractivity (Wildman–Crippen MR) is 106 cm³/mol. The van der Waals surface area contributed by atoms with E-state index in [0.29, 0.717) is 11.8 Å². The maximum absolute atomic E-state index is 13.1. The summed E-state index contributed by atoms with van der Waals surface area (Å²) in [6, 6.07) is 4.17. The van der Waals surface area contributed by atoms with Gasteiger partial charge in [0.2, 0.25) is 15.9 Å². The molecule has 1 aromatic carbocycles. The number of anilines is 1. The molecule has 1 aliphatic carbocycles. The molecule has 0 aromatic heterocycles. The van der Waals surface area contributed by atoms with Crippen LogP contribution in [0.5, 0.6) is 0 Å². The van der Waals surface area contributed by atoms with Crippen LogP contribution in [0.15, 0.2) is 24.3 Å². The highest BCUT2D eigenvalue weighted by Crippen LogP contribution is 2.27. The summed E-state index contributed by atoms with van der Waals surface area (Å²) in [6.45, 7) is 2.04. The van der Waals surface area contributed by atoms with Crippen molar-refractivity contribution in [2.24, 2.45) is 0 Å². The highest BCUT2D eigenvalue weighted by molar-refractivity contribution is 7.99. The van der Waals surface area contributed by atoms with E-state index in [-0.39, 0.29) is 11.6 Å². The molecule has 1 atom stereocenters. The average molecular weight is 403 g/mol. The zero-order valence-electron chi connectivity index (χ0n) is 15.3. The minimum Gasteiger partial charge on any atom is -0.353 e. The highest BCUT2D eigenvalue weighted by atomic mass is 32.2. The van der Waals surface area contributed by atoms with E-state index in [0.717, 1.165) is 16.3 Å². The monoisotopic (exact) mass is 402 g/mol. The van der Waals surface area contributed by atoms with Gasteiger partial charge in [-0.05, 0) is 44.0 Å². The number of sulfonamides is 1. The van der Waals surface area contributed by atoms with Crippen LogP contribution in [-0.4, -0.2) is 44.2 Å². The number of nitrogens with one attached hydrogen (secondary N) is 1. The SMILES string of the molecule is C[C@@H](C(=O)NCCSC1CCCCC1)N(c1ccc(F)cc1)S(C)(=O)=O. The quantitative estimate of drug-likeness (QED) is 0.679. The second kappa shape index (κ2) is 9.60. The number of hydrogen-bond acceptors (Lipinski definition) is 4. The molecule has 0 heterocycles. The number of rotatable bonds is 8. The molecule has 2 rings (SSSR count). The van der Waals surface area contributed by atoms with Crippen LogP contribution in [-0.2, 0) is 14.8 Å². The Morgan fingerprint density at radius 3 is 2.46 bits per heavy atom. The molecule has 1 N–H and O–H groups in total. The molecule has 0 bridgehead atoms. The van der Waals surface area contributed by atoms with Crippen molar-refractivity contribution in [2.45, 2.75) is 50.3 Å². The number of hydrogen-bond donors (Lipinski definition) is 1. The molecule has 0 aliphatic heterocycles. The third-order valence-corrected chi connectivity index (χ3v) is 7.10. The summed E-state index contributed by atoms with van der Waals surface area (Å²) >= 11 is 1.87. The molecular weight excluding hydrogens is 375 g/mol. The Hall–Kier alpha value is -1.28. The Morgan fingerprint density at radius 1 is 1.27 bits per heavy atom. The molecule has 1 amide bonds. The number of amides is 1. The van der Waals surface area contributed by atoms with Gasteiger partial charge < -0.3 is 5.32 Å². The fourth-order valence-corrected chi connectivity index (χ4v) is 5.57. The first-order valence-corrected chi connectivity index (χ1v) is 11.8. The van der Waals surface area contributed by atoms with Crippen LogP contribution in [0.4, 0.5) is 10.1 Å². The molecule has 1 aromatic rings. The predicted octanol–water partition coefficient (Wildman–Crippen LogP) is 3.16. The summed E-state index contributed by atoms with van der Waals surface area (Å²) in [5.41, 5.74) is 0.271. The zero-order chi connectivity index (χ0) is 19.2. The summed E-state index contributed by atoms with van der Waals surface area (Å²) in [6.07, 6.45) is 7.39. The number of halogens is 1. The van der Waals surface area contributed by atoms with Crippen molar-refractivity contribution in [3.63, 3.8) is 0 Å². The molecule has 5 nitrogen and oxygen atoms in total. The van der Waals surface area contributed by atoms with Gasteiger partial charge in [-0.25, -0.2) is 12.8 Å². The van der Waals surface area contributed by atoms with Crippen LogP contribution in [0.2, 0.25) is 0 Å². The lowest BCUT2D eigenvalue weighted by atomic mass is 10.0. The van der Waals surface area contributed by atoms with Crippen molar-refractivity contribution < 1.29 is 17.6 Å². The van der Waals surface area contributed by atoms with Crippen LogP contribution < -0.4 is 9.62 Å². The standard InChI is InChI=1S/C18H27FN2O3S2/c1-14(18(22)20-12-13-25-17-6-4-3-5-7-17)21(26(2,23)24)16-10-8-15(19)9-11-16/h8-11,14,17H,3-7,12-13H2,1-2H3,(H,20,22)/t14-/m0/s1. The third-order valence-electron chi connectivity index (χ3n) is 4.48. The summed E-state index contributed by atoms with van der Waals surface area (Å²) in [5, 5.41) is 3.49. The fraction of sp³-hybridized carbons (Fsp3) is 0.611. The van der Waals surface area contributed by atoms with Gasteiger partial charge in [0, 0.05) is 17.5 Å². The van der Waals surface area contributed by atoms with E-state index in [2.05, 4.69) is 5.32 Å². The molecular formula is C18H27FN2O3S2. The Balaban J connectivity index is 1.91. The van der Waals surface area contributed by atoms with Crippen molar-refractivity contribution in [2.75, 3.05) is 22.9 Å². The second-order valence-corrected chi connectivity index (χ2v) is 9.90. The van der Waals surface area contributed by atoms with Gasteiger partial charge in [0.05, 0.1) is 11.9 Å². The van der Waals surface area contributed by atoms with Gasteiger partial charge in [-0.2, -0.15) is 11.8 Å². The van der Waals surface area contributed by atoms with E-state index in [1.54, 1.807) is 0 Å². The van der Waals surface area contributed by atoms with Crippen molar-refractivity contribution in [1.29, 1.82) is 0 Å². The van der Waals surface area contributed by atoms with Crippen LogP contribution in [0.1, 0.15) is 39.0 Å². The smallest absolute Gasteiger partial charge is 0.243 e. The minimum atomic E-state index is -3.68. The molecule has 26 heavy (non-hydrogen) atoms. The molecule has 1 fully saturated rings. The van der Waals surface area contributed by atoms with E-state index >= 15 is 0 Å². The Labute approximate surface area is 159 Å². The van der Waals surface area contributed by atoms with Gasteiger partial charge >= 0.3 is 0 Å². The lowest BCUT2D eigenvalue weighted by molar-refractivity contribution is -0.121. The first-order valence-electron chi connectivity index (χ1n) is 8.93. The van der Waals surface area contributed by atoms with Crippen molar-refractivity contribution in [3.05, 3.63) is 30.1 Å². The zero-order valence-corrected chi connectivity index (χ0v) is 16.9. The van der Waals surface area contributed by atoms with E-state index in [1.165, 1.54) is 63.3 Å². The Morgan fingerprint density at radius 2 is 1.88 bits per heavy atom.